The van der Waals surface area contributed by atoms with Crippen molar-refractivity contribution in [2.24, 2.45) is 5.92 Å². The van der Waals surface area contributed by atoms with Crippen LogP contribution in [0.4, 0.5) is 5.69 Å². The molecular formula is C29H41N5O5. The van der Waals surface area contributed by atoms with Crippen molar-refractivity contribution in [3.05, 3.63) is 29.3 Å². The van der Waals surface area contributed by atoms with Crippen LogP contribution in [0.5, 0.6) is 0 Å². The highest BCUT2D eigenvalue weighted by Gasteiger charge is 2.39. The number of anilines is 1. The van der Waals surface area contributed by atoms with Crippen LogP contribution in [0.25, 0.3) is 0 Å². The summed E-state index contributed by atoms with van der Waals surface area (Å²) in [6, 6.07) is 5.43. The van der Waals surface area contributed by atoms with Crippen LogP contribution in [0.3, 0.4) is 0 Å². The van der Waals surface area contributed by atoms with E-state index in [2.05, 4.69) is 26.1 Å². The van der Waals surface area contributed by atoms with E-state index in [1.165, 1.54) is 0 Å². The summed E-state index contributed by atoms with van der Waals surface area (Å²) in [5.74, 6) is -0.276. The van der Waals surface area contributed by atoms with Crippen molar-refractivity contribution in [2.45, 2.75) is 64.6 Å². The van der Waals surface area contributed by atoms with E-state index in [1.54, 1.807) is 4.90 Å². The summed E-state index contributed by atoms with van der Waals surface area (Å²) in [6.07, 6.45) is 2.88. The van der Waals surface area contributed by atoms with Gasteiger partial charge in [-0.1, -0.05) is 0 Å². The third-order valence-electron chi connectivity index (χ3n) is 8.24. The predicted molar refractivity (Wildman–Crippen MR) is 146 cm³/mol. The van der Waals surface area contributed by atoms with Crippen LogP contribution in [-0.4, -0.2) is 102 Å². The van der Waals surface area contributed by atoms with Crippen molar-refractivity contribution in [3.8, 4) is 0 Å². The summed E-state index contributed by atoms with van der Waals surface area (Å²) >= 11 is 0. The zero-order chi connectivity index (χ0) is 27.7. The average molecular weight is 540 g/mol. The molecule has 0 spiro atoms. The predicted octanol–water partition coefficient (Wildman–Crippen LogP) is 1.62. The van der Waals surface area contributed by atoms with Crippen molar-refractivity contribution in [1.82, 2.24) is 20.0 Å². The second kappa shape index (κ2) is 11.3. The second-order valence-corrected chi connectivity index (χ2v) is 12.3. The molecule has 10 nitrogen and oxygen atoms in total. The zero-order valence-electron chi connectivity index (χ0n) is 23.4. The van der Waals surface area contributed by atoms with Gasteiger partial charge in [0.05, 0.1) is 6.54 Å². The van der Waals surface area contributed by atoms with Gasteiger partial charge in [-0.2, -0.15) is 0 Å². The van der Waals surface area contributed by atoms with Crippen molar-refractivity contribution in [3.63, 3.8) is 0 Å². The number of hydrogen-bond donors (Lipinski definition) is 1. The number of esters is 1. The van der Waals surface area contributed by atoms with E-state index in [0.717, 1.165) is 69.9 Å². The largest absolute Gasteiger partial charge is 0.459 e. The maximum atomic E-state index is 13.0. The first-order valence-electron chi connectivity index (χ1n) is 14.2. The number of rotatable bonds is 6. The van der Waals surface area contributed by atoms with Crippen LogP contribution < -0.4 is 10.2 Å². The maximum Gasteiger partial charge on any atom is 0.320 e. The average Bonchev–Trinajstić information content (AvgIpc) is 3.20. The number of carbonyl (C=O) groups is 4. The van der Waals surface area contributed by atoms with Crippen molar-refractivity contribution >= 4 is 29.4 Å². The van der Waals surface area contributed by atoms with Gasteiger partial charge in [0.2, 0.25) is 11.8 Å². The molecule has 3 saturated heterocycles. The van der Waals surface area contributed by atoms with E-state index in [0.29, 0.717) is 31.0 Å². The Morgan fingerprint density at radius 2 is 1.67 bits per heavy atom. The van der Waals surface area contributed by atoms with Crippen LogP contribution >= 0.6 is 0 Å². The highest BCUT2D eigenvalue weighted by atomic mass is 16.6. The fraction of sp³-hybridized carbons (Fsp3) is 0.655. The zero-order valence-corrected chi connectivity index (χ0v) is 23.4. The van der Waals surface area contributed by atoms with Crippen molar-refractivity contribution in [1.29, 1.82) is 0 Å². The highest BCUT2D eigenvalue weighted by molar-refractivity contribution is 6.05. The molecule has 1 aromatic rings. The molecule has 1 N–H and O–H groups in total. The van der Waals surface area contributed by atoms with Gasteiger partial charge in [-0.05, 0) is 69.7 Å². The number of carbonyl (C=O) groups excluding carboxylic acids is 4. The normalized spacial score (nSPS) is 23.7. The molecular weight excluding hydrogens is 498 g/mol. The molecule has 1 aromatic carbocycles. The number of hydrogen-bond acceptors (Lipinski definition) is 8. The molecule has 1 unspecified atom stereocenters. The lowest BCUT2D eigenvalue weighted by Gasteiger charge is -2.39. The minimum absolute atomic E-state index is 0.129. The Morgan fingerprint density at radius 1 is 0.974 bits per heavy atom. The monoisotopic (exact) mass is 539 g/mol. The van der Waals surface area contributed by atoms with Gasteiger partial charge in [0.25, 0.3) is 5.91 Å². The summed E-state index contributed by atoms with van der Waals surface area (Å²) in [6.45, 7) is 13.3. The molecule has 10 heteroatoms. The van der Waals surface area contributed by atoms with Gasteiger partial charge in [0.15, 0.2) is 0 Å². The van der Waals surface area contributed by atoms with Crippen LogP contribution in [0.2, 0.25) is 0 Å². The topological polar surface area (TPSA) is 102 Å². The number of ether oxygens (including phenoxy) is 1. The van der Waals surface area contributed by atoms with Crippen molar-refractivity contribution < 1.29 is 23.9 Å². The summed E-state index contributed by atoms with van der Waals surface area (Å²) in [7, 11) is 0. The van der Waals surface area contributed by atoms with E-state index in [1.807, 2.05) is 32.9 Å². The highest BCUT2D eigenvalue weighted by Crippen LogP contribution is 2.32. The number of benzene rings is 1. The molecule has 0 radical (unpaired) electrons. The minimum Gasteiger partial charge on any atom is -0.459 e. The number of amides is 3. The first kappa shape index (κ1) is 27.6. The van der Waals surface area contributed by atoms with Gasteiger partial charge in [-0.15, -0.1) is 0 Å². The number of piperidine rings is 2. The number of nitrogens with one attached hydrogen (secondary N) is 1. The molecule has 3 fully saturated rings. The SMILES string of the molecule is CC(C)(C)OC(=O)CN1CCN(CC2CCN(c3ccc4c(c3)CN(C3CCC(=O)NC3=O)C4=O)CC2)CC1. The Labute approximate surface area is 230 Å². The standard InChI is InChI=1S/C29H41N5O5/c1-29(2,3)39-26(36)19-32-14-12-31(13-15-32)17-20-8-10-33(11-9-20)22-4-5-23-21(16-22)18-34(28(23)38)24-6-7-25(35)30-27(24)37/h4-5,16,20,24H,6-15,17-19H2,1-3H3,(H,30,35,37). The molecule has 5 rings (SSSR count). The smallest absolute Gasteiger partial charge is 0.320 e. The number of nitrogens with zero attached hydrogens (tertiary/aromatic N) is 4. The molecule has 3 amide bonds. The fourth-order valence-corrected chi connectivity index (χ4v) is 6.18. The number of fused-ring (bicyclic) bond motifs is 1. The first-order valence-corrected chi connectivity index (χ1v) is 14.2. The van der Waals surface area contributed by atoms with E-state index >= 15 is 0 Å². The van der Waals surface area contributed by atoms with E-state index in [4.69, 9.17) is 4.74 Å². The summed E-state index contributed by atoms with van der Waals surface area (Å²) < 4.78 is 5.46. The molecule has 0 aliphatic carbocycles. The van der Waals surface area contributed by atoms with E-state index < -0.39 is 11.6 Å². The van der Waals surface area contributed by atoms with Crippen LogP contribution in [0.1, 0.15) is 62.4 Å². The molecule has 0 aromatic heterocycles. The van der Waals surface area contributed by atoms with Gasteiger partial charge < -0.3 is 19.4 Å². The molecule has 212 valence electrons. The Balaban J connectivity index is 1.08. The van der Waals surface area contributed by atoms with Crippen LogP contribution in [0, 0.1) is 5.92 Å². The quantitative estimate of drug-likeness (QED) is 0.430. The van der Waals surface area contributed by atoms with Crippen molar-refractivity contribution in [2.75, 3.05) is 57.3 Å². The Bertz CT molecular complexity index is 1120. The number of imide groups is 1. The summed E-state index contributed by atoms with van der Waals surface area (Å²) in [5.41, 5.74) is 2.29. The third-order valence-corrected chi connectivity index (χ3v) is 8.24. The Kier molecular flexibility index (Phi) is 7.96. The lowest BCUT2D eigenvalue weighted by Crippen LogP contribution is -2.52. The minimum atomic E-state index is -0.582. The molecule has 1 atom stereocenters. The molecule has 4 aliphatic rings. The van der Waals surface area contributed by atoms with Crippen LogP contribution in [0.15, 0.2) is 18.2 Å². The second-order valence-electron chi connectivity index (χ2n) is 12.3. The molecule has 0 bridgehead atoms. The molecule has 39 heavy (non-hydrogen) atoms. The molecule has 0 saturated carbocycles. The van der Waals surface area contributed by atoms with Gasteiger partial charge in [0, 0.05) is 70.0 Å². The molecule has 4 aliphatic heterocycles. The Hall–Kier alpha value is -2.98. The third kappa shape index (κ3) is 6.61. The van der Waals surface area contributed by atoms with Crippen LogP contribution in [-0.2, 0) is 25.7 Å². The lowest BCUT2D eigenvalue weighted by atomic mass is 9.95. The summed E-state index contributed by atoms with van der Waals surface area (Å²) in [4.78, 5) is 57.7. The van der Waals surface area contributed by atoms with Gasteiger partial charge in [0.1, 0.15) is 11.6 Å². The molecule has 4 heterocycles. The number of piperazine rings is 1. The van der Waals surface area contributed by atoms with Gasteiger partial charge in [-0.25, -0.2) is 0 Å². The first-order chi connectivity index (χ1) is 18.6. The summed E-state index contributed by atoms with van der Waals surface area (Å²) in [5, 5.41) is 2.36. The Morgan fingerprint density at radius 3 is 2.33 bits per heavy atom. The maximum absolute atomic E-state index is 13.0. The van der Waals surface area contributed by atoms with Gasteiger partial charge in [-0.3, -0.25) is 29.4 Å². The van der Waals surface area contributed by atoms with E-state index in [-0.39, 0.29) is 30.1 Å². The lowest BCUT2D eigenvalue weighted by molar-refractivity contribution is -0.156. The fourth-order valence-electron chi connectivity index (χ4n) is 6.18. The van der Waals surface area contributed by atoms with Gasteiger partial charge >= 0.3 is 5.97 Å². The van der Waals surface area contributed by atoms with E-state index in [9.17, 15) is 19.2 Å².